The molecule has 0 saturated carbocycles. The number of hydrogen-bond acceptors (Lipinski definition) is 5. The van der Waals surface area contributed by atoms with Crippen LogP contribution in [0.1, 0.15) is 5.69 Å². The topological polar surface area (TPSA) is 57.4 Å². The van der Waals surface area contributed by atoms with Gasteiger partial charge in [0.15, 0.2) is 0 Å². The summed E-state index contributed by atoms with van der Waals surface area (Å²) >= 11 is 5.02. The van der Waals surface area contributed by atoms with Crippen LogP contribution < -0.4 is 16.2 Å². The Hall–Kier alpha value is -1.24. The number of piperazine rings is 1. The highest BCUT2D eigenvalue weighted by Gasteiger charge is 2.14. The van der Waals surface area contributed by atoms with E-state index < -0.39 is 0 Å². The normalized spacial score (nSPS) is 16.9. The molecule has 0 atom stereocenters. The highest BCUT2D eigenvalue weighted by atomic mass is 32.1. The minimum Gasteiger partial charge on any atom is -0.368 e. The molecule has 1 aromatic rings. The molecule has 1 aromatic heterocycles. The van der Waals surface area contributed by atoms with Crippen molar-refractivity contribution >= 4 is 22.9 Å². The van der Waals surface area contributed by atoms with Crippen LogP contribution in [0.2, 0.25) is 0 Å². The molecule has 1 aliphatic rings. The summed E-state index contributed by atoms with van der Waals surface area (Å²) in [5, 5.41) is 0. The first-order valence-electron chi connectivity index (χ1n) is 5.61. The molecular formula is C11H17N5S. The van der Waals surface area contributed by atoms with Crippen molar-refractivity contribution < 1.29 is 0 Å². The van der Waals surface area contributed by atoms with Gasteiger partial charge in [-0.25, -0.2) is 5.84 Å². The van der Waals surface area contributed by atoms with Gasteiger partial charge in [-0.3, -0.25) is 4.98 Å². The van der Waals surface area contributed by atoms with E-state index in [0.717, 1.165) is 31.9 Å². The second kappa shape index (κ2) is 5.39. The SMILES string of the molecule is CN1CCN(c2ccc(C(=S)NN)nc2)CC1. The Morgan fingerprint density at radius 3 is 2.59 bits per heavy atom. The van der Waals surface area contributed by atoms with Crippen LogP contribution in [-0.4, -0.2) is 48.1 Å². The van der Waals surface area contributed by atoms with Gasteiger partial charge in [0.1, 0.15) is 4.99 Å². The van der Waals surface area contributed by atoms with Gasteiger partial charge in [-0.15, -0.1) is 0 Å². The number of aromatic nitrogens is 1. The molecule has 0 unspecified atom stereocenters. The summed E-state index contributed by atoms with van der Waals surface area (Å²) in [6, 6.07) is 3.94. The third kappa shape index (κ3) is 2.91. The van der Waals surface area contributed by atoms with Crippen LogP contribution in [0.3, 0.4) is 0 Å². The number of hydrazine groups is 1. The molecule has 1 aliphatic heterocycles. The third-order valence-corrected chi connectivity index (χ3v) is 3.31. The lowest BCUT2D eigenvalue weighted by Crippen LogP contribution is -2.44. The summed E-state index contributed by atoms with van der Waals surface area (Å²) in [5.41, 5.74) is 4.28. The summed E-state index contributed by atoms with van der Waals surface area (Å²) in [7, 11) is 2.14. The third-order valence-electron chi connectivity index (χ3n) is 2.98. The second-order valence-corrected chi connectivity index (χ2v) is 4.57. The molecule has 0 spiro atoms. The van der Waals surface area contributed by atoms with Crippen LogP contribution in [0, 0.1) is 0 Å². The fourth-order valence-electron chi connectivity index (χ4n) is 1.85. The summed E-state index contributed by atoms with van der Waals surface area (Å²) in [6.45, 7) is 4.25. The number of thiocarbonyl (C=S) groups is 1. The van der Waals surface area contributed by atoms with E-state index in [1.807, 2.05) is 18.3 Å². The van der Waals surface area contributed by atoms with E-state index in [4.69, 9.17) is 18.1 Å². The number of nitrogens with zero attached hydrogens (tertiary/aromatic N) is 3. The molecule has 0 aromatic carbocycles. The van der Waals surface area contributed by atoms with Crippen molar-refractivity contribution in [3.8, 4) is 0 Å². The molecule has 0 bridgehead atoms. The maximum Gasteiger partial charge on any atom is 0.139 e. The molecular weight excluding hydrogens is 234 g/mol. The van der Waals surface area contributed by atoms with Crippen LogP contribution in [0.25, 0.3) is 0 Å². The first-order chi connectivity index (χ1) is 8.20. The fourth-order valence-corrected chi connectivity index (χ4v) is 1.97. The Bertz CT molecular complexity index is 383. The standard InChI is InChI=1S/C11H17N5S/c1-15-4-6-16(7-5-15)9-2-3-10(13-8-9)11(17)14-12/h2-3,8H,4-7,12H2,1H3,(H,14,17). The molecule has 1 saturated heterocycles. The Morgan fingerprint density at radius 1 is 1.35 bits per heavy atom. The Morgan fingerprint density at radius 2 is 2.06 bits per heavy atom. The lowest BCUT2D eigenvalue weighted by Gasteiger charge is -2.33. The van der Waals surface area contributed by atoms with Gasteiger partial charge < -0.3 is 15.2 Å². The minimum absolute atomic E-state index is 0.468. The number of hydrogen-bond donors (Lipinski definition) is 2. The van der Waals surface area contributed by atoms with E-state index in [1.54, 1.807) is 0 Å². The van der Waals surface area contributed by atoms with Crippen LogP contribution in [0.5, 0.6) is 0 Å². The summed E-state index contributed by atoms with van der Waals surface area (Å²) < 4.78 is 0. The Balaban J connectivity index is 2.05. The van der Waals surface area contributed by atoms with E-state index in [0.29, 0.717) is 10.7 Å². The maximum atomic E-state index is 5.25. The number of likely N-dealkylation sites (N-methyl/N-ethyl adjacent to an activating group) is 1. The van der Waals surface area contributed by atoms with E-state index in [1.165, 1.54) is 0 Å². The number of rotatable bonds is 2. The largest absolute Gasteiger partial charge is 0.368 e. The van der Waals surface area contributed by atoms with Crippen LogP contribution >= 0.6 is 12.2 Å². The fraction of sp³-hybridized carbons (Fsp3) is 0.455. The van der Waals surface area contributed by atoms with Gasteiger partial charge in [0.2, 0.25) is 0 Å². The summed E-state index contributed by atoms with van der Waals surface area (Å²) in [6.07, 6.45) is 1.85. The minimum atomic E-state index is 0.468. The zero-order valence-electron chi connectivity index (χ0n) is 9.89. The molecule has 0 aliphatic carbocycles. The molecule has 17 heavy (non-hydrogen) atoms. The first-order valence-corrected chi connectivity index (χ1v) is 6.02. The molecule has 92 valence electrons. The number of pyridine rings is 1. The number of nitrogens with one attached hydrogen (secondary N) is 1. The zero-order chi connectivity index (χ0) is 12.3. The molecule has 6 heteroatoms. The van der Waals surface area contributed by atoms with Crippen molar-refractivity contribution in [2.45, 2.75) is 0 Å². The van der Waals surface area contributed by atoms with E-state index in [2.05, 4.69) is 27.3 Å². The van der Waals surface area contributed by atoms with Crippen LogP contribution in [0.15, 0.2) is 18.3 Å². The van der Waals surface area contributed by atoms with Gasteiger partial charge in [-0.2, -0.15) is 0 Å². The van der Waals surface area contributed by atoms with Crippen LogP contribution in [-0.2, 0) is 0 Å². The maximum absolute atomic E-state index is 5.25. The summed E-state index contributed by atoms with van der Waals surface area (Å²) in [4.78, 5) is 9.43. The molecule has 2 heterocycles. The van der Waals surface area contributed by atoms with Crippen molar-refractivity contribution in [1.82, 2.24) is 15.3 Å². The zero-order valence-corrected chi connectivity index (χ0v) is 10.7. The average Bonchev–Trinajstić information content (AvgIpc) is 2.39. The Labute approximate surface area is 107 Å². The second-order valence-electron chi connectivity index (χ2n) is 4.17. The average molecular weight is 251 g/mol. The molecule has 1 fully saturated rings. The van der Waals surface area contributed by atoms with E-state index in [9.17, 15) is 0 Å². The molecule has 3 N–H and O–H groups in total. The number of nitrogens with two attached hydrogens (primary N) is 1. The smallest absolute Gasteiger partial charge is 0.139 e. The molecule has 5 nitrogen and oxygen atoms in total. The highest BCUT2D eigenvalue weighted by Crippen LogP contribution is 2.15. The Kier molecular flexibility index (Phi) is 3.88. The monoisotopic (exact) mass is 251 g/mol. The lowest BCUT2D eigenvalue weighted by molar-refractivity contribution is 0.313. The lowest BCUT2D eigenvalue weighted by atomic mass is 10.2. The van der Waals surface area contributed by atoms with Gasteiger partial charge in [-0.1, -0.05) is 12.2 Å². The predicted molar refractivity (Wildman–Crippen MR) is 73.0 cm³/mol. The van der Waals surface area contributed by atoms with Crippen molar-refractivity contribution in [2.75, 3.05) is 38.1 Å². The predicted octanol–water partition coefficient (Wildman–Crippen LogP) is -0.0278. The number of anilines is 1. The molecule has 0 radical (unpaired) electrons. The first kappa shape index (κ1) is 12.2. The molecule has 0 amide bonds. The van der Waals surface area contributed by atoms with E-state index >= 15 is 0 Å². The molecule has 2 rings (SSSR count). The van der Waals surface area contributed by atoms with Gasteiger partial charge in [-0.05, 0) is 19.2 Å². The van der Waals surface area contributed by atoms with Gasteiger partial charge >= 0.3 is 0 Å². The summed E-state index contributed by atoms with van der Waals surface area (Å²) in [5.74, 6) is 5.25. The van der Waals surface area contributed by atoms with Gasteiger partial charge in [0.25, 0.3) is 0 Å². The van der Waals surface area contributed by atoms with Gasteiger partial charge in [0, 0.05) is 26.2 Å². The van der Waals surface area contributed by atoms with Gasteiger partial charge in [0.05, 0.1) is 17.6 Å². The van der Waals surface area contributed by atoms with Crippen LogP contribution in [0.4, 0.5) is 5.69 Å². The highest BCUT2D eigenvalue weighted by molar-refractivity contribution is 7.80. The van der Waals surface area contributed by atoms with Crippen molar-refractivity contribution in [3.63, 3.8) is 0 Å². The quantitative estimate of drug-likeness (QED) is 0.437. The van der Waals surface area contributed by atoms with E-state index in [-0.39, 0.29) is 0 Å². The van der Waals surface area contributed by atoms with Crippen molar-refractivity contribution in [2.24, 2.45) is 5.84 Å². The van der Waals surface area contributed by atoms with Crippen molar-refractivity contribution in [3.05, 3.63) is 24.0 Å². The van der Waals surface area contributed by atoms with Crippen molar-refractivity contribution in [1.29, 1.82) is 0 Å².